The monoisotopic (exact) mass is 160 g/mol. The molecule has 0 aliphatic carbocycles. The van der Waals surface area contributed by atoms with Crippen LogP contribution < -0.4 is 5.73 Å². The highest BCUT2D eigenvalue weighted by molar-refractivity contribution is 4.58. The summed E-state index contributed by atoms with van der Waals surface area (Å²) in [7, 11) is 3.82. The maximum atomic E-state index is 5.41. The van der Waals surface area contributed by atoms with E-state index in [0.29, 0.717) is 5.92 Å². The highest BCUT2D eigenvalue weighted by Gasteiger charge is 2.04. The second-order valence-electron chi connectivity index (χ2n) is 3.11. The normalized spacial score (nSPS) is 13.9. The second-order valence-corrected chi connectivity index (χ2v) is 3.11. The molecule has 0 radical (unpaired) electrons. The molecule has 0 aromatic heterocycles. The van der Waals surface area contributed by atoms with E-state index < -0.39 is 0 Å². The number of nitrogens with two attached hydrogens (primary N) is 1. The minimum Gasteiger partial charge on any atom is -0.384 e. The van der Waals surface area contributed by atoms with E-state index in [1.54, 1.807) is 7.11 Å². The van der Waals surface area contributed by atoms with Crippen molar-refractivity contribution in [1.29, 1.82) is 0 Å². The van der Waals surface area contributed by atoms with Crippen LogP contribution in [-0.2, 0) is 4.74 Å². The molecule has 0 aliphatic rings. The van der Waals surface area contributed by atoms with Crippen molar-refractivity contribution in [2.75, 3.05) is 40.4 Å². The molecule has 0 saturated heterocycles. The van der Waals surface area contributed by atoms with Gasteiger partial charge in [0.15, 0.2) is 0 Å². The number of methoxy groups -OCH3 is 1. The Morgan fingerprint density at radius 1 is 1.55 bits per heavy atom. The van der Waals surface area contributed by atoms with Crippen molar-refractivity contribution in [3.8, 4) is 0 Å². The smallest absolute Gasteiger partial charge is 0.0500 e. The van der Waals surface area contributed by atoms with Crippen LogP contribution in [0.5, 0.6) is 0 Å². The molecule has 0 amide bonds. The van der Waals surface area contributed by atoms with Gasteiger partial charge in [-0.15, -0.1) is 0 Å². The topological polar surface area (TPSA) is 38.5 Å². The van der Waals surface area contributed by atoms with Gasteiger partial charge in [0, 0.05) is 33.4 Å². The fourth-order valence-electron chi connectivity index (χ4n) is 1.18. The molecule has 1 unspecified atom stereocenters. The summed E-state index contributed by atoms with van der Waals surface area (Å²) in [4.78, 5) is 2.23. The average molecular weight is 160 g/mol. The van der Waals surface area contributed by atoms with E-state index in [-0.39, 0.29) is 0 Å². The van der Waals surface area contributed by atoms with Gasteiger partial charge >= 0.3 is 0 Å². The lowest BCUT2D eigenvalue weighted by atomic mass is 10.2. The van der Waals surface area contributed by atoms with E-state index in [9.17, 15) is 0 Å². The van der Waals surface area contributed by atoms with Crippen molar-refractivity contribution in [2.45, 2.75) is 6.92 Å². The molecule has 0 heterocycles. The molecular weight excluding hydrogens is 140 g/mol. The Bertz CT molecular complexity index is 78.2. The van der Waals surface area contributed by atoms with E-state index in [0.717, 1.165) is 26.2 Å². The average Bonchev–Trinajstić information content (AvgIpc) is 1.87. The lowest BCUT2D eigenvalue weighted by Gasteiger charge is -2.19. The molecule has 0 aromatic carbocycles. The predicted octanol–water partition coefficient (Wildman–Crippen LogP) is 0.159. The zero-order valence-corrected chi connectivity index (χ0v) is 7.84. The summed E-state index contributed by atoms with van der Waals surface area (Å²) in [6.45, 7) is 5.76. The molecular formula is C8H20N2O. The third kappa shape index (κ3) is 6.28. The summed E-state index contributed by atoms with van der Waals surface area (Å²) in [6, 6.07) is 0. The first-order valence-corrected chi connectivity index (χ1v) is 4.08. The van der Waals surface area contributed by atoms with E-state index in [2.05, 4.69) is 18.9 Å². The van der Waals surface area contributed by atoms with Crippen molar-refractivity contribution in [3.63, 3.8) is 0 Å². The maximum Gasteiger partial charge on any atom is 0.0500 e. The minimum absolute atomic E-state index is 0.594. The molecule has 11 heavy (non-hydrogen) atoms. The van der Waals surface area contributed by atoms with Gasteiger partial charge in [-0.25, -0.2) is 0 Å². The predicted molar refractivity (Wildman–Crippen MR) is 47.6 cm³/mol. The first-order chi connectivity index (χ1) is 5.20. The van der Waals surface area contributed by atoms with Crippen molar-refractivity contribution in [2.24, 2.45) is 11.7 Å². The van der Waals surface area contributed by atoms with E-state index in [4.69, 9.17) is 10.5 Å². The summed E-state index contributed by atoms with van der Waals surface area (Å²) < 4.78 is 5.02. The van der Waals surface area contributed by atoms with Gasteiger partial charge in [-0.3, -0.25) is 0 Å². The van der Waals surface area contributed by atoms with Gasteiger partial charge in [0.25, 0.3) is 0 Å². The number of ether oxygens (including phenoxy) is 1. The third-order valence-electron chi connectivity index (χ3n) is 1.59. The summed E-state index contributed by atoms with van der Waals surface area (Å²) in [5, 5.41) is 0. The van der Waals surface area contributed by atoms with Crippen LogP contribution >= 0.6 is 0 Å². The maximum absolute atomic E-state index is 5.41. The molecule has 0 fully saturated rings. The van der Waals surface area contributed by atoms with Gasteiger partial charge in [0.05, 0.1) is 0 Å². The Morgan fingerprint density at radius 3 is 2.64 bits per heavy atom. The summed E-state index contributed by atoms with van der Waals surface area (Å²) in [5.74, 6) is 0.594. The Kier molecular flexibility index (Phi) is 6.51. The fourth-order valence-corrected chi connectivity index (χ4v) is 1.18. The van der Waals surface area contributed by atoms with Crippen LogP contribution in [-0.4, -0.2) is 45.3 Å². The molecule has 1 atom stereocenters. The molecule has 3 heteroatoms. The van der Waals surface area contributed by atoms with Crippen LogP contribution in [0.1, 0.15) is 6.92 Å². The van der Waals surface area contributed by atoms with Crippen molar-refractivity contribution >= 4 is 0 Å². The Labute approximate surface area is 69.5 Å². The van der Waals surface area contributed by atoms with Gasteiger partial charge < -0.3 is 15.4 Å². The summed E-state index contributed by atoms with van der Waals surface area (Å²) in [6.07, 6.45) is 0. The number of likely N-dealkylation sites (N-methyl/N-ethyl adjacent to an activating group) is 1. The Balaban J connectivity index is 3.32. The standard InChI is InChI=1S/C8H20N2O/c1-8(7-11-3)6-10(2)5-4-9/h8H,4-7,9H2,1-3H3. The SMILES string of the molecule is COCC(C)CN(C)CCN. The zero-order valence-electron chi connectivity index (χ0n) is 7.84. The van der Waals surface area contributed by atoms with Gasteiger partial charge in [0.2, 0.25) is 0 Å². The van der Waals surface area contributed by atoms with Crippen LogP contribution in [0.15, 0.2) is 0 Å². The van der Waals surface area contributed by atoms with Crippen LogP contribution in [0.4, 0.5) is 0 Å². The number of rotatable bonds is 6. The van der Waals surface area contributed by atoms with Crippen molar-refractivity contribution in [1.82, 2.24) is 4.90 Å². The van der Waals surface area contributed by atoms with E-state index in [1.165, 1.54) is 0 Å². The van der Waals surface area contributed by atoms with Gasteiger partial charge in [-0.05, 0) is 13.0 Å². The minimum atomic E-state index is 0.594. The van der Waals surface area contributed by atoms with Gasteiger partial charge in [0.1, 0.15) is 0 Å². The molecule has 3 nitrogen and oxygen atoms in total. The van der Waals surface area contributed by atoms with Crippen LogP contribution in [0.3, 0.4) is 0 Å². The second kappa shape index (κ2) is 6.58. The van der Waals surface area contributed by atoms with Crippen LogP contribution in [0.2, 0.25) is 0 Å². The van der Waals surface area contributed by atoms with Crippen LogP contribution in [0.25, 0.3) is 0 Å². The Hall–Kier alpha value is -0.120. The molecule has 0 aromatic rings. The highest BCUT2D eigenvalue weighted by atomic mass is 16.5. The lowest BCUT2D eigenvalue weighted by Crippen LogP contribution is -2.30. The largest absolute Gasteiger partial charge is 0.384 e. The Morgan fingerprint density at radius 2 is 2.18 bits per heavy atom. The first-order valence-electron chi connectivity index (χ1n) is 4.08. The number of hydrogen-bond donors (Lipinski definition) is 1. The number of nitrogens with zero attached hydrogens (tertiary/aromatic N) is 1. The molecule has 0 saturated carbocycles. The first kappa shape index (κ1) is 10.9. The van der Waals surface area contributed by atoms with Crippen LogP contribution in [0, 0.1) is 5.92 Å². The summed E-state index contributed by atoms with van der Waals surface area (Å²) in [5.41, 5.74) is 5.41. The number of hydrogen-bond acceptors (Lipinski definition) is 3. The van der Waals surface area contributed by atoms with Gasteiger partial charge in [-0.1, -0.05) is 6.92 Å². The summed E-state index contributed by atoms with van der Waals surface area (Å²) >= 11 is 0. The lowest BCUT2D eigenvalue weighted by molar-refractivity contribution is 0.138. The zero-order chi connectivity index (χ0) is 8.69. The molecule has 0 rings (SSSR count). The molecule has 0 bridgehead atoms. The molecule has 0 aliphatic heterocycles. The highest BCUT2D eigenvalue weighted by Crippen LogP contribution is 1.97. The van der Waals surface area contributed by atoms with E-state index >= 15 is 0 Å². The molecule has 2 N–H and O–H groups in total. The van der Waals surface area contributed by atoms with Crippen molar-refractivity contribution < 1.29 is 4.74 Å². The van der Waals surface area contributed by atoms with Crippen molar-refractivity contribution in [3.05, 3.63) is 0 Å². The van der Waals surface area contributed by atoms with E-state index in [1.807, 2.05) is 0 Å². The van der Waals surface area contributed by atoms with Gasteiger partial charge in [-0.2, -0.15) is 0 Å². The fraction of sp³-hybridized carbons (Fsp3) is 1.00. The third-order valence-corrected chi connectivity index (χ3v) is 1.59. The molecule has 0 spiro atoms. The molecule has 68 valence electrons. The quantitative estimate of drug-likeness (QED) is 0.601.